The predicted molar refractivity (Wildman–Crippen MR) is 88.2 cm³/mol. The number of halogens is 3. The lowest BCUT2D eigenvalue weighted by Gasteiger charge is -2.10. The van der Waals surface area contributed by atoms with Crippen molar-refractivity contribution in [2.24, 2.45) is 4.99 Å². The van der Waals surface area contributed by atoms with Gasteiger partial charge in [-0.3, -0.25) is 0 Å². The molecule has 0 spiro atoms. The molecule has 0 N–H and O–H groups in total. The average Bonchev–Trinajstić information content (AvgIpc) is 2.94. The van der Waals surface area contributed by atoms with Crippen LogP contribution in [0.15, 0.2) is 59.8 Å². The van der Waals surface area contributed by atoms with Gasteiger partial charge in [0.2, 0.25) is 5.90 Å². The van der Waals surface area contributed by atoms with Crippen molar-refractivity contribution in [1.29, 1.82) is 0 Å². The lowest BCUT2D eigenvalue weighted by Crippen LogP contribution is -2.04. The van der Waals surface area contributed by atoms with E-state index >= 15 is 0 Å². The highest BCUT2D eigenvalue weighted by atomic mass is 35.5. The second kappa shape index (κ2) is 6.34. The predicted octanol–water partition coefficient (Wildman–Crippen LogP) is 5.10. The van der Waals surface area contributed by atoms with Gasteiger partial charge in [-0.15, -0.1) is 0 Å². The van der Waals surface area contributed by atoms with Gasteiger partial charge in [0.15, 0.2) is 0 Å². The number of aliphatic imine (C=N–C) groups is 1. The van der Waals surface area contributed by atoms with Crippen molar-refractivity contribution in [2.45, 2.75) is 0 Å². The highest BCUT2D eigenvalue weighted by Crippen LogP contribution is 2.27. The summed E-state index contributed by atoms with van der Waals surface area (Å²) in [6.07, 6.45) is 1.71. The molecule has 3 rings (SSSR count). The van der Waals surface area contributed by atoms with E-state index in [2.05, 4.69) is 11.6 Å². The largest absolute Gasteiger partial charge is 0.442 e. The minimum absolute atomic E-state index is 0.204. The second-order valence-electron chi connectivity index (χ2n) is 5.00. The lowest BCUT2D eigenvalue weighted by atomic mass is 10.0. The first-order valence-electron chi connectivity index (χ1n) is 6.86. The van der Waals surface area contributed by atoms with Gasteiger partial charge in [-0.1, -0.05) is 30.3 Å². The van der Waals surface area contributed by atoms with Crippen LogP contribution in [0, 0.1) is 11.6 Å². The fraction of sp³-hybridized carbons (Fsp3) is 0.0556. The normalized spacial score (nSPS) is 14.7. The van der Waals surface area contributed by atoms with Crippen LogP contribution in [-0.4, -0.2) is 12.4 Å². The summed E-state index contributed by atoms with van der Waals surface area (Å²) in [5, 5.41) is 0.597. The maximum absolute atomic E-state index is 14.2. The zero-order valence-electron chi connectivity index (χ0n) is 12.0. The summed E-state index contributed by atoms with van der Waals surface area (Å²) in [5.41, 5.74) is 1.41. The van der Waals surface area contributed by atoms with E-state index < -0.39 is 11.6 Å². The summed E-state index contributed by atoms with van der Waals surface area (Å²) >= 11 is 5.87. The van der Waals surface area contributed by atoms with Crippen LogP contribution in [0.5, 0.6) is 0 Å². The van der Waals surface area contributed by atoms with Gasteiger partial charge in [0.05, 0.1) is 0 Å². The fourth-order valence-corrected chi connectivity index (χ4v) is 2.32. The third-order valence-corrected chi connectivity index (χ3v) is 3.52. The average molecular weight is 332 g/mol. The van der Waals surface area contributed by atoms with E-state index in [1.165, 1.54) is 12.1 Å². The van der Waals surface area contributed by atoms with Gasteiger partial charge in [-0.25, -0.2) is 13.8 Å². The molecule has 0 unspecified atom stereocenters. The van der Waals surface area contributed by atoms with Crippen molar-refractivity contribution in [3.63, 3.8) is 0 Å². The summed E-state index contributed by atoms with van der Waals surface area (Å²) in [6, 6.07) is 10.4. The number of benzene rings is 2. The van der Waals surface area contributed by atoms with Gasteiger partial charge in [0, 0.05) is 22.2 Å². The Morgan fingerprint density at radius 2 is 1.91 bits per heavy atom. The standard InChI is InChI=1S/C18H12ClF2NO/c1-11-10-22-18(23-11)16(8-12-2-4-13(19)5-3-12)15-7-6-14(20)9-17(15)21/h2-9H,1,10H2. The molecule has 23 heavy (non-hydrogen) atoms. The van der Waals surface area contributed by atoms with Crippen molar-refractivity contribution in [2.75, 3.05) is 6.54 Å². The quantitative estimate of drug-likeness (QED) is 0.717. The zero-order valence-corrected chi connectivity index (χ0v) is 12.8. The monoisotopic (exact) mass is 331 g/mol. The van der Waals surface area contributed by atoms with Crippen LogP contribution in [-0.2, 0) is 4.74 Å². The number of rotatable bonds is 3. The topological polar surface area (TPSA) is 21.6 Å². The molecule has 0 amide bonds. The van der Waals surface area contributed by atoms with E-state index in [0.717, 1.165) is 11.6 Å². The van der Waals surface area contributed by atoms with Crippen LogP contribution in [0.1, 0.15) is 11.1 Å². The highest BCUT2D eigenvalue weighted by molar-refractivity contribution is 6.30. The van der Waals surface area contributed by atoms with Gasteiger partial charge in [0.25, 0.3) is 0 Å². The molecule has 0 saturated heterocycles. The van der Waals surface area contributed by atoms with Crippen LogP contribution in [0.2, 0.25) is 5.02 Å². The molecule has 0 atom stereocenters. The molecule has 2 aromatic carbocycles. The van der Waals surface area contributed by atoms with Crippen LogP contribution in [0.4, 0.5) is 8.78 Å². The first-order valence-corrected chi connectivity index (χ1v) is 7.24. The molecular formula is C18H12ClF2NO. The van der Waals surface area contributed by atoms with Crippen molar-refractivity contribution >= 4 is 29.1 Å². The molecule has 0 bridgehead atoms. The molecule has 0 radical (unpaired) electrons. The van der Waals surface area contributed by atoms with Crippen molar-refractivity contribution < 1.29 is 13.5 Å². The molecule has 0 aliphatic carbocycles. The molecule has 0 saturated carbocycles. The smallest absolute Gasteiger partial charge is 0.222 e. The lowest BCUT2D eigenvalue weighted by molar-refractivity contribution is 0.446. The minimum atomic E-state index is -0.686. The maximum atomic E-state index is 14.2. The zero-order chi connectivity index (χ0) is 16.4. The molecule has 116 valence electrons. The molecule has 0 fully saturated rings. The molecule has 5 heteroatoms. The Kier molecular flexibility index (Phi) is 4.26. The fourth-order valence-electron chi connectivity index (χ4n) is 2.19. The van der Waals surface area contributed by atoms with Gasteiger partial charge >= 0.3 is 0 Å². The summed E-state index contributed by atoms with van der Waals surface area (Å²) in [5.74, 6) is -0.593. The Morgan fingerprint density at radius 3 is 2.52 bits per heavy atom. The Hall–Kier alpha value is -2.46. The van der Waals surface area contributed by atoms with E-state index in [1.54, 1.807) is 30.3 Å². The van der Waals surface area contributed by atoms with E-state index in [0.29, 0.717) is 22.9 Å². The Bertz CT molecular complexity index is 825. The van der Waals surface area contributed by atoms with Gasteiger partial charge in [-0.2, -0.15) is 0 Å². The molecule has 1 heterocycles. The van der Waals surface area contributed by atoms with Crippen LogP contribution in [0.25, 0.3) is 11.6 Å². The summed E-state index contributed by atoms with van der Waals surface area (Å²) in [7, 11) is 0. The Balaban J connectivity index is 2.10. The van der Waals surface area contributed by atoms with E-state index in [-0.39, 0.29) is 11.5 Å². The summed E-state index contributed by atoms with van der Waals surface area (Å²) < 4.78 is 32.8. The Labute approximate surface area is 137 Å². The van der Waals surface area contributed by atoms with E-state index in [4.69, 9.17) is 16.3 Å². The first-order chi connectivity index (χ1) is 11.0. The molecule has 2 nitrogen and oxygen atoms in total. The van der Waals surface area contributed by atoms with Gasteiger partial charge in [-0.05, 0) is 35.9 Å². The van der Waals surface area contributed by atoms with Gasteiger partial charge < -0.3 is 4.74 Å². The SMILES string of the molecule is C=C1CN=C(C(=Cc2ccc(Cl)cc2)c2ccc(F)cc2F)O1. The molecule has 2 aromatic rings. The number of ether oxygens (including phenoxy) is 1. The van der Waals surface area contributed by atoms with Gasteiger partial charge in [0.1, 0.15) is 23.9 Å². The van der Waals surface area contributed by atoms with Crippen molar-refractivity contribution in [3.8, 4) is 0 Å². The summed E-state index contributed by atoms with van der Waals surface area (Å²) in [6.45, 7) is 4.02. The minimum Gasteiger partial charge on any atom is -0.442 e. The van der Waals surface area contributed by atoms with Crippen molar-refractivity contribution in [1.82, 2.24) is 0 Å². The third-order valence-electron chi connectivity index (χ3n) is 3.27. The van der Waals surface area contributed by atoms with Crippen LogP contribution >= 0.6 is 11.6 Å². The molecule has 1 aliphatic rings. The number of nitrogens with zero attached hydrogens (tertiary/aromatic N) is 1. The Morgan fingerprint density at radius 1 is 1.17 bits per heavy atom. The van der Waals surface area contributed by atoms with Crippen LogP contribution in [0.3, 0.4) is 0 Å². The number of hydrogen-bond acceptors (Lipinski definition) is 2. The maximum Gasteiger partial charge on any atom is 0.222 e. The highest BCUT2D eigenvalue weighted by Gasteiger charge is 2.21. The number of hydrogen-bond donors (Lipinski definition) is 0. The summed E-state index contributed by atoms with van der Waals surface area (Å²) in [4.78, 5) is 4.21. The third kappa shape index (κ3) is 3.48. The van der Waals surface area contributed by atoms with Crippen LogP contribution < -0.4 is 0 Å². The first kappa shape index (κ1) is 15.4. The van der Waals surface area contributed by atoms with E-state index in [9.17, 15) is 8.78 Å². The second-order valence-corrected chi connectivity index (χ2v) is 5.43. The molecule has 0 aromatic heterocycles. The molecule has 1 aliphatic heterocycles. The molecular weight excluding hydrogens is 320 g/mol. The van der Waals surface area contributed by atoms with E-state index in [1.807, 2.05) is 0 Å². The van der Waals surface area contributed by atoms with Crippen molar-refractivity contribution in [3.05, 3.63) is 82.6 Å².